The summed E-state index contributed by atoms with van der Waals surface area (Å²) in [6.07, 6.45) is 1.64. The van der Waals surface area contributed by atoms with Gasteiger partial charge in [0.05, 0.1) is 6.42 Å². The summed E-state index contributed by atoms with van der Waals surface area (Å²) in [5, 5.41) is 10.1. The second-order valence-corrected chi connectivity index (χ2v) is 7.67. The minimum Gasteiger partial charge on any atom is -0.461 e. The molecule has 1 aliphatic heterocycles. The van der Waals surface area contributed by atoms with E-state index in [0.29, 0.717) is 5.15 Å². The van der Waals surface area contributed by atoms with Gasteiger partial charge in [-0.15, -0.1) is 0 Å². The third-order valence-electron chi connectivity index (χ3n) is 5.16. The number of ether oxygens (including phenoxy) is 1. The molecule has 3 rings (SSSR count). The van der Waals surface area contributed by atoms with Crippen LogP contribution in [0.4, 0.5) is 5.82 Å². The molecule has 0 amide bonds. The van der Waals surface area contributed by atoms with Crippen LogP contribution in [0.1, 0.15) is 30.4 Å². The molecular formula is C20H26BClN4O3. The van der Waals surface area contributed by atoms with Gasteiger partial charge in [-0.05, 0) is 18.3 Å². The summed E-state index contributed by atoms with van der Waals surface area (Å²) >= 11 is 6.40. The van der Waals surface area contributed by atoms with Crippen molar-refractivity contribution in [3.8, 4) is 0 Å². The summed E-state index contributed by atoms with van der Waals surface area (Å²) in [7, 11) is -0.469. The highest BCUT2D eigenvalue weighted by molar-refractivity contribution is 6.45. The van der Waals surface area contributed by atoms with Crippen molar-refractivity contribution in [2.75, 3.05) is 31.1 Å². The largest absolute Gasteiger partial charge is 0.461 e. The van der Waals surface area contributed by atoms with Crippen molar-refractivity contribution < 1.29 is 14.6 Å². The number of aromatic nitrogens is 2. The number of halogens is 1. The standard InChI is InChI=1S/C20H26BClN4O3/c1-15(12-17(27)29-13-16-6-4-3-5-7-16)18-19(22)23-14-24-20(18)25-8-10-26(11-9-25)21(2)28/h3-7,14-15,28H,8-13H2,1-2H3/t15-/m1/s1. The number of hydrogen-bond donors (Lipinski definition) is 1. The Morgan fingerprint density at radius 2 is 1.93 bits per heavy atom. The van der Waals surface area contributed by atoms with E-state index in [2.05, 4.69) is 14.9 Å². The number of anilines is 1. The molecule has 9 heteroatoms. The highest BCUT2D eigenvalue weighted by atomic mass is 35.5. The predicted molar refractivity (Wildman–Crippen MR) is 114 cm³/mol. The molecule has 0 aliphatic carbocycles. The second kappa shape index (κ2) is 10.0. The number of esters is 1. The third-order valence-corrected chi connectivity index (χ3v) is 5.47. The number of benzene rings is 1. The fraction of sp³-hybridized carbons (Fsp3) is 0.450. The second-order valence-electron chi connectivity index (χ2n) is 7.31. The summed E-state index contributed by atoms with van der Waals surface area (Å²) in [4.78, 5) is 25.1. The van der Waals surface area contributed by atoms with Gasteiger partial charge in [-0.2, -0.15) is 0 Å². The minimum absolute atomic E-state index is 0.184. The van der Waals surface area contributed by atoms with E-state index in [0.717, 1.165) is 43.1 Å². The zero-order valence-electron chi connectivity index (χ0n) is 16.8. The number of piperazine rings is 1. The lowest BCUT2D eigenvalue weighted by Gasteiger charge is -2.37. The van der Waals surface area contributed by atoms with Crippen LogP contribution in [0.3, 0.4) is 0 Å². The van der Waals surface area contributed by atoms with E-state index in [1.54, 1.807) is 6.82 Å². The highest BCUT2D eigenvalue weighted by Crippen LogP contribution is 2.33. The molecular weight excluding hydrogens is 391 g/mol. The summed E-state index contributed by atoms with van der Waals surface area (Å²) in [5.41, 5.74) is 1.71. The maximum atomic E-state index is 12.4. The zero-order valence-corrected chi connectivity index (χ0v) is 17.5. The lowest BCUT2D eigenvalue weighted by atomic mass is 9.84. The van der Waals surface area contributed by atoms with Crippen molar-refractivity contribution in [2.24, 2.45) is 0 Å². The quantitative estimate of drug-likeness (QED) is 0.422. The topological polar surface area (TPSA) is 78.8 Å². The fourth-order valence-electron chi connectivity index (χ4n) is 3.50. The number of carbonyl (C=O) groups is 1. The van der Waals surface area contributed by atoms with Gasteiger partial charge < -0.3 is 19.5 Å². The van der Waals surface area contributed by atoms with Crippen LogP contribution in [0.15, 0.2) is 36.7 Å². The van der Waals surface area contributed by atoms with Crippen molar-refractivity contribution >= 4 is 30.4 Å². The molecule has 154 valence electrons. The van der Waals surface area contributed by atoms with Crippen LogP contribution in [-0.4, -0.2) is 59.0 Å². The Bertz CT molecular complexity index is 817. The Hall–Kier alpha value is -2.16. The Morgan fingerprint density at radius 3 is 2.59 bits per heavy atom. The fourth-order valence-corrected chi connectivity index (χ4v) is 3.81. The van der Waals surface area contributed by atoms with Crippen LogP contribution in [-0.2, 0) is 16.1 Å². The number of carbonyl (C=O) groups excluding carboxylic acids is 1. The van der Waals surface area contributed by atoms with E-state index in [-0.39, 0.29) is 24.9 Å². The van der Waals surface area contributed by atoms with Crippen molar-refractivity contribution in [3.63, 3.8) is 0 Å². The molecule has 1 atom stereocenters. The van der Waals surface area contributed by atoms with Gasteiger partial charge in [0.15, 0.2) is 0 Å². The molecule has 0 unspecified atom stereocenters. The summed E-state index contributed by atoms with van der Waals surface area (Å²) in [6.45, 7) is 6.85. The smallest absolute Gasteiger partial charge is 0.376 e. The number of nitrogens with zero attached hydrogens (tertiary/aromatic N) is 4. The zero-order chi connectivity index (χ0) is 20.8. The summed E-state index contributed by atoms with van der Waals surface area (Å²) in [6, 6.07) is 9.59. The SMILES string of the molecule is CB(O)N1CCN(c2ncnc(Cl)c2[C@H](C)CC(=O)OCc2ccccc2)CC1. The molecule has 29 heavy (non-hydrogen) atoms. The molecule has 1 aromatic carbocycles. The minimum atomic E-state index is -0.469. The van der Waals surface area contributed by atoms with Crippen molar-refractivity contribution in [1.29, 1.82) is 0 Å². The molecule has 1 saturated heterocycles. The first-order valence-corrected chi connectivity index (χ1v) is 10.2. The lowest BCUT2D eigenvalue weighted by molar-refractivity contribution is -0.145. The lowest BCUT2D eigenvalue weighted by Crippen LogP contribution is -2.52. The first kappa shape index (κ1) is 21.6. The van der Waals surface area contributed by atoms with E-state index < -0.39 is 7.05 Å². The normalized spacial score (nSPS) is 15.8. The Kier molecular flexibility index (Phi) is 7.47. The Balaban J connectivity index is 1.65. The first-order chi connectivity index (χ1) is 14.0. The van der Waals surface area contributed by atoms with Crippen LogP contribution in [0, 0.1) is 0 Å². The maximum absolute atomic E-state index is 12.4. The average molecular weight is 417 g/mol. The summed E-state index contributed by atoms with van der Waals surface area (Å²) in [5.74, 6) is 0.279. The molecule has 0 radical (unpaired) electrons. The Morgan fingerprint density at radius 1 is 1.24 bits per heavy atom. The first-order valence-electron chi connectivity index (χ1n) is 9.82. The van der Waals surface area contributed by atoms with Gasteiger partial charge in [0.25, 0.3) is 0 Å². The summed E-state index contributed by atoms with van der Waals surface area (Å²) < 4.78 is 5.41. The van der Waals surface area contributed by atoms with E-state index in [1.165, 1.54) is 6.33 Å². The molecule has 0 bridgehead atoms. The molecule has 1 fully saturated rings. The molecule has 7 nitrogen and oxygen atoms in total. The maximum Gasteiger partial charge on any atom is 0.376 e. The van der Waals surface area contributed by atoms with E-state index in [4.69, 9.17) is 16.3 Å². The average Bonchev–Trinajstić information content (AvgIpc) is 2.72. The molecule has 1 N–H and O–H groups in total. The van der Waals surface area contributed by atoms with Gasteiger partial charge in [0.1, 0.15) is 23.9 Å². The van der Waals surface area contributed by atoms with Crippen LogP contribution in [0.5, 0.6) is 0 Å². The molecule has 0 spiro atoms. The van der Waals surface area contributed by atoms with Gasteiger partial charge in [0.2, 0.25) is 0 Å². The van der Waals surface area contributed by atoms with Crippen LogP contribution in [0.2, 0.25) is 12.0 Å². The van der Waals surface area contributed by atoms with Crippen molar-refractivity contribution in [1.82, 2.24) is 14.8 Å². The van der Waals surface area contributed by atoms with Gasteiger partial charge in [-0.1, -0.05) is 48.9 Å². The van der Waals surface area contributed by atoms with Gasteiger partial charge in [0, 0.05) is 31.7 Å². The van der Waals surface area contributed by atoms with E-state index in [1.807, 2.05) is 42.1 Å². The molecule has 0 saturated carbocycles. The van der Waals surface area contributed by atoms with Gasteiger partial charge in [-0.3, -0.25) is 4.79 Å². The van der Waals surface area contributed by atoms with Crippen molar-refractivity contribution in [2.45, 2.75) is 32.7 Å². The van der Waals surface area contributed by atoms with Gasteiger partial charge >= 0.3 is 13.0 Å². The van der Waals surface area contributed by atoms with Crippen molar-refractivity contribution in [3.05, 3.63) is 52.9 Å². The van der Waals surface area contributed by atoms with Crippen LogP contribution in [0.25, 0.3) is 0 Å². The monoisotopic (exact) mass is 416 g/mol. The third kappa shape index (κ3) is 5.68. The van der Waals surface area contributed by atoms with Crippen LogP contribution < -0.4 is 4.90 Å². The molecule has 2 aromatic rings. The molecule has 1 aromatic heterocycles. The predicted octanol–water partition coefficient (Wildman–Crippen LogP) is 2.60. The Labute approximate surface area is 176 Å². The highest BCUT2D eigenvalue weighted by Gasteiger charge is 2.28. The van der Waals surface area contributed by atoms with E-state index in [9.17, 15) is 9.82 Å². The van der Waals surface area contributed by atoms with Crippen LogP contribution >= 0.6 is 11.6 Å². The van der Waals surface area contributed by atoms with Gasteiger partial charge in [-0.25, -0.2) is 9.97 Å². The number of rotatable bonds is 7. The molecule has 1 aliphatic rings. The van der Waals surface area contributed by atoms with E-state index >= 15 is 0 Å². The number of hydrogen-bond acceptors (Lipinski definition) is 7. The molecule has 2 heterocycles.